The van der Waals surface area contributed by atoms with E-state index in [1.54, 1.807) is 24.3 Å². The highest BCUT2D eigenvalue weighted by Crippen LogP contribution is 2.16. The van der Waals surface area contributed by atoms with Crippen molar-refractivity contribution in [3.05, 3.63) is 24.3 Å². The first-order valence-corrected chi connectivity index (χ1v) is 6.06. The third-order valence-corrected chi connectivity index (χ3v) is 3.01. The van der Waals surface area contributed by atoms with Crippen molar-refractivity contribution < 1.29 is 9.90 Å². The lowest BCUT2D eigenvalue weighted by atomic mass is 10.1. The molecule has 2 rings (SSSR count). The number of phenolic OH excluding ortho intramolecular Hbond substituents is 1. The predicted molar refractivity (Wildman–Crippen MR) is 74.2 cm³/mol. The molecule has 100 valence electrons. The lowest BCUT2D eigenvalue weighted by Crippen LogP contribution is -2.23. The molecule has 1 aliphatic heterocycles. The first kappa shape index (κ1) is 14.8. The zero-order valence-electron chi connectivity index (χ0n) is 10.2. The number of hydrogen-bond donors (Lipinski definition) is 3. The van der Waals surface area contributed by atoms with Crippen molar-refractivity contribution in [2.75, 3.05) is 11.9 Å². The van der Waals surface area contributed by atoms with Gasteiger partial charge < -0.3 is 15.7 Å². The SMILES string of the molecule is Cl.O=C(CCC1CCCN1)Nc1cccc(O)c1. The Bertz CT molecular complexity index is 392. The molecule has 1 aromatic rings. The van der Waals surface area contributed by atoms with Crippen molar-refractivity contribution in [1.82, 2.24) is 5.32 Å². The molecule has 1 atom stereocenters. The van der Waals surface area contributed by atoms with E-state index >= 15 is 0 Å². The van der Waals surface area contributed by atoms with Gasteiger partial charge in [-0.1, -0.05) is 6.07 Å². The molecule has 0 saturated carbocycles. The Labute approximate surface area is 113 Å². The van der Waals surface area contributed by atoms with E-state index in [1.165, 1.54) is 12.8 Å². The van der Waals surface area contributed by atoms with Crippen LogP contribution < -0.4 is 10.6 Å². The maximum Gasteiger partial charge on any atom is 0.224 e. The standard InChI is InChI=1S/C13H18N2O2.ClH/c16-12-5-1-3-11(9-12)15-13(17)7-6-10-4-2-8-14-10;/h1,3,5,9-10,14,16H,2,4,6-8H2,(H,15,17);1H. The molecule has 1 fully saturated rings. The summed E-state index contributed by atoms with van der Waals surface area (Å²) in [5.41, 5.74) is 0.648. The minimum atomic E-state index is 0. The van der Waals surface area contributed by atoms with Crippen LogP contribution in [0.2, 0.25) is 0 Å². The number of phenols is 1. The molecule has 1 saturated heterocycles. The molecule has 1 aliphatic rings. The topological polar surface area (TPSA) is 61.4 Å². The van der Waals surface area contributed by atoms with E-state index < -0.39 is 0 Å². The number of carbonyl (C=O) groups excluding carboxylic acids is 1. The van der Waals surface area contributed by atoms with E-state index in [-0.39, 0.29) is 24.1 Å². The summed E-state index contributed by atoms with van der Waals surface area (Å²) in [7, 11) is 0. The van der Waals surface area contributed by atoms with Gasteiger partial charge in [-0.05, 0) is 37.9 Å². The fraction of sp³-hybridized carbons (Fsp3) is 0.462. The second-order valence-electron chi connectivity index (χ2n) is 4.43. The monoisotopic (exact) mass is 270 g/mol. The number of benzene rings is 1. The van der Waals surface area contributed by atoms with Crippen LogP contribution in [0.15, 0.2) is 24.3 Å². The van der Waals surface area contributed by atoms with Crippen LogP contribution in [0.25, 0.3) is 0 Å². The predicted octanol–water partition coefficient (Wildman–Crippen LogP) is 2.28. The molecule has 4 nitrogen and oxygen atoms in total. The smallest absolute Gasteiger partial charge is 0.224 e. The summed E-state index contributed by atoms with van der Waals surface area (Å²) in [5, 5.41) is 15.4. The first-order valence-electron chi connectivity index (χ1n) is 6.06. The number of nitrogens with one attached hydrogen (secondary N) is 2. The van der Waals surface area contributed by atoms with Crippen molar-refractivity contribution >= 4 is 24.0 Å². The Kier molecular flexibility index (Phi) is 5.95. The highest BCUT2D eigenvalue weighted by Gasteiger charge is 2.15. The third kappa shape index (κ3) is 4.55. The first-order chi connectivity index (χ1) is 8.24. The average Bonchev–Trinajstić information content (AvgIpc) is 2.79. The second kappa shape index (κ2) is 7.24. The molecule has 1 heterocycles. The summed E-state index contributed by atoms with van der Waals surface area (Å²) in [6.07, 6.45) is 3.77. The van der Waals surface area contributed by atoms with Gasteiger partial charge in [0, 0.05) is 24.2 Å². The van der Waals surface area contributed by atoms with Crippen molar-refractivity contribution in [2.24, 2.45) is 0 Å². The Hall–Kier alpha value is -1.26. The number of amides is 1. The second-order valence-corrected chi connectivity index (χ2v) is 4.43. The Morgan fingerprint density at radius 2 is 2.33 bits per heavy atom. The highest BCUT2D eigenvalue weighted by atomic mass is 35.5. The van der Waals surface area contributed by atoms with Gasteiger partial charge in [-0.15, -0.1) is 12.4 Å². The highest BCUT2D eigenvalue weighted by molar-refractivity contribution is 5.90. The Morgan fingerprint density at radius 3 is 3.00 bits per heavy atom. The van der Waals surface area contributed by atoms with Crippen LogP contribution in [-0.2, 0) is 4.79 Å². The molecule has 18 heavy (non-hydrogen) atoms. The van der Waals surface area contributed by atoms with Crippen LogP contribution in [0.3, 0.4) is 0 Å². The van der Waals surface area contributed by atoms with Crippen molar-refractivity contribution in [3.8, 4) is 5.75 Å². The van der Waals surface area contributed by atoms with E-state index in [4.69, 9.17) is 0 Å². The molecule has 0 bridgehead atoms. The normalized spacial score (nSPS) is 18.1. The molecule has 3 N–H and O–H groups in total. The van der Waals surface area contributed by atoms with Crippen LogP contribution in [0.4, 0.5) is 5.69 Å². The van der Waals surface area contributed by atoms with Gasteiger partial charge in [-0.3, -0.25) is 4.79 Å². The Balaban J connectivity index is 0.00000162. The Morgan fingerprint density at radius 1 is 1.50 bits per heavy atom. The fourth-order valence-electron chi connectivity index (χ4n) is 2.12. The average molecular weight is 271 g/mol. The largest absolute Gasteiger partial charge is 0.508 e. The molecular weight excluding hydrogens is 252 g/mol. The number of aromatic hydroxyl groups is 1. The van der Waals surface area contributed by atoms with Gasteiger partial charge in [0.2, 0.25) is 5.91 Å². The molecular formula is C13H19ClN2O2. The quantitative estimate of drug-likeness (QED) is 0.787. The van der Waals surface area contributed by atoms with Gasteiger partial charge in [-0.25, -0.2) is 0 Å². The fourth-order valence-corrected chi connectivity index (χ4v) is 2.12. The molecule has 0 aromatic heterocycles. The minimum Gasteiger partial charge on any atom is -0.508 e. The summed E-state index contributed by atoms with van der Waals surface area (Å²) in [6.45, 7) is 1.07. The number of hydrogen-bond acceptors (Lipinski definition) is 3. The lowest BCUT2D eigenvalue weighted by molar-refractivity contribution is -0.116. The van der Waals surface area contributed by atoms with Gasteiger partial charge >= 0.3 is 0 Å². The zero-order chi connectivity index (χ0) is 12.1. The number of anilines is 1. The van der Waals surface area contributed by atoms with Crippen molar-refractivity contribution in [3.63, 3.8) is 0 Å². The molecule has 1 unspecified atom stereocenters. The van der Waals surface area contributed by atoms with Crippen molar-refractivity contribution in [2.45, 2.75) is 31.7 Å². The number of carbonyl (C=O) groups is 1. The van der Waals surface area contributed by atoms with Gasteiger partial charge in [0.25, 0.3) is 0 Å². The summed E-state index contributed by atoms with van der Waals surface area (Å²) in [5.74, 6) is 0.171. The summed E-state index contributed by atoms with van der Waals surface area (Å²) < 4.78 is 0. The number of halogens is 1. The molecule has 0 spiro atoms. The summed E-state index contributed by atoms with van der Waals surface area (Å²) in [6, 6.07) is 7.10. The summed E-state index contributed by atoms with van der Waals surface area (Å²) in [4.78, 5) is 11.7. The van der Waals surface area contributed by atoms with E-state index in [9.17, 15) is 9.90 Å². The summed E-state index contributed by atoms with van der Waals surface area (Å²) >= 11 is 0. The van der Waals surface area contributed by atoms with Gasteiger partial charge in [0.1, 0.15) is 5.75 Å². The van der Waals surface area contributed by atoms with Gasteiger partial charge in [0.15, 0.2) is 0 Å². The van der Waals surface area contributed by atoms with E-state index in [1.807, 2.05) is 0 Å². The number of rotatable bonds is 4. The lowest BCUT2D eigenvalue weighted by Gasteiger charge is -2.10. The maximum atomic E-state index is 11.7. The van der Waals surface area contributed by atoms with Crippen LogP contribution >= 0.6 is 12.4 Å². The third-order valence-electron chi connectivity index (χ3n) is 3.01. The van der Waals surface area contributed by atoms with Gasteiger partial charge in [0.05, 0.1) is 0 Å². The molecule has 0 radical (unpaired) electrons. The van der Waals surface area contributed by atoms with Gasteiger partial charge in [-0.2, -0.15) is 0 Å². The molecule has 1 aromatic carbocycles. The maximum absolute atomic E-state index is 11.7. The van der Waals surface area contributed by atoms with Crippen LogP contribution in [0.5, 0.6) is 5.75 Å². The van der Waals surface area contributed by atoms with E-state index in [2.05, 4.69) is 10.6 Å². The molecule has 0 aliphatic carbocycles. The van der Waals surface area contributed by atoms with Crippen molar-refractivity contribution in [1.29, 1.82) is 0 Å². The van der Waals surface area contributed by atoms with E-state index in [0.29, 0.717) is 18.2 Å². The van der Waals surface area contributed by atoms with Crippen LogP contribution in [0.1, 0.15) is 25.7 Å². The zero-order valence-corrected chi connectivity index (χ0v) is 11.0. The van der Waals surface area contributed by atoms with Crippen LogP contribution in [-0.4, -0.2) is 23.6 Å². The van der Waals surface area contributed by atoms with E-state index in [0.717, 1.165) is 13.0 Å². The van der Waals surface area contributed by atoms with Crippen LogP contribution in [0, 0.1) is 0 Å². The molecule has 5 heteroatoms. The minimum absolute atomic E-state index is 0. The molecule has 1 amide bonds.